The molecule has 2 rings (SSSR count). The lowest BCUT2D eigenvalue weighted by Crippen LogP contribution is -2.19. The summed E-state index contributed by atoms with van der Waals surface area (Å²) in [7, 11) is 0. The van der Waals surface area contributed by atoms with Gasteiger partial charge in [-0.1, -0.05) is 31.2 Å². The van der Waals surface area contributed by atoms with Gasteiger partial charge in [-0.3, -0.25) is 4.79 Å². The van der Waals surface area contributed by atoms with E-state index in [2.05, 4.69) is 6.92 Å². The van der Waals surface area contributed by atoms with E-state index in [0.29, 0.717) is 5.92 Å². The summed E-state index contributed by atoms with van der Waals surface area (Å²) >= 11 is 0. The van der Waals surface area contributed by atoms with Crippen LogP contribution in [0, 0.1) is 12.8 Å². The summed E-state index contributed by atoms with van der Waals surface area (Å²) in [5, 5.41) is 38.7. The zero-order valence-corrected chi connectivity index (χ0v) is 14.1. The van der Waals surface area contributed by atoms with Crippen LogP contribution < -0.4 is 0 Å². The van der Waals surface area contributed by atoms with Gasteiger partial charge >= 0.3 is 5.97 Å². The third-order valence-electron chi connectivity index (χ3n) is 4.53. The van der Waals surface area contributed by atoms with Gasteiger partial charge in [0.15, 0.2) is 0 Å². The number of aryl methyl sites for hydroxylation is 1. The molecule has 4 atom stereocenters. The zero-order chi connectivity index (χ0) is 17.9. The molecule has 1 aromatic carbocycles. The maximum Gasteiger partial charge on any atom is 0.305 e. The smallest absolute Gasteiger partial charge is 0.305 e. The monoisotopic (exact) mass is 334 g/mol. The summed E-state index contributed by atoms with van der Waals surface area (Å²) < 4.78 is 0. The fraction of sp³-hybridized carbons (Fsp3) is 0.526. The van der Waals surface area contributed by atoms with Gasteiger partial charge in [0.25, 0.3) is 0 Å². The minimum absolute atomic E-state index is 0.0313. The lowest BCUT2D eigenvalue weighted by Gasteiger charge is -2.28. The second-order valence-corrected chi connectivity index (χ2v) is 6.84. The molecule has 5 nitrogen and oxygen atoms in total. The Morgan fingerprint density at radius 2 is 2.08 bits per heavy atom. The van der Waals surface area contributed by atoms with Crippen LogP contribution in [0.5, 0.6) is 0 Å². The zero-order valence-electron chi connectivity index (χ0n) is 14.1. The van der Waals surface area contributed by atoms with Gasteiger partial charge in [0.2, 0.25) is 0 Å². The normalized spacial score (nSPS) is 23.0. The minimum Gasteiger partial charge on any atom is -0.481 e. The van der Waals surface area contributed by atoms with E-state index in [9.17, 15) is 20.1 Å². The first-order chi connectivity index (χ1) is 11.3. The first-order valence-electron chi connectivity index (χ1n) is 8.34. The highest BCUT2D eigenvalue weighted by Gasteiger charge is 2.25. The first kappa shape index (κ1) is 18.6. The number of carboxylic acids is 1. The minimum atomic E-state index is -1.09. The van der Waals surface area contributed by atoms with E-state index in [1.54, 1.807) is 12.2 Å². The van der Waals surface area contributed by atoms with E-state index in [1.807, 2.05) is 19.1 Å². The van der Waals surface area contributed by atoms with E-state index in [4.69, 9.17) is 5.11 Å². The Kier molecular flexibility index (Phi) is 6.15. The summed E-state index contributed by atoms with van der Waals surface area (Å²) in [6, 6.07) is 4.06. The van der Waals surface area contributed by atoms with Gasteiger partial charge in [0, 0.05) is 6.42 Å². The molecule has 3 unspecified atom stereocenters. The predicted octanol–water partition coefficient (Wildman–Crippen LogP) is 2.21. The molecule has 4 N–H and O–H groups in total. The predicted molar refractivity (Wildman–Crippen MR) is 91.5 cm³/mol. The highest BCUT2D eigenvalue weighted by atomic mass is 16.4. The Bertz CT molecular complexity index is 622. The number of hydrogen-bond acceptors (Lipinski definition) is 4. The van der Waals surface area contributed by atoms with Crippen molar-refractivity contribution in [2.45, 2.75) is 57.8 Å². The number of aliphatic carboxylic acids is 1. The molecular weight excluding hydrogens is 308 g/mol. The van der Waals surface area contributed by atoms with E-state index < -0.39 is 24.3 Å². The Balaban J connectivity index is 2.17. The van der Waals surface area contributed by atoms with Crippen LogP contribution in [0.2, 0.25) is 0 Å². The van der Waals surface area contributed by atoms with Gasteiger partial charge in [0.05, 0.1) is 24.7 Å². The fourth-order valence-corrected chi connectivity index (χ4v) is 3.39. The molecule has 24 heavy (non-hydrogen) atoms. The maximum absolute atomic E-state index is 10.6. The number of rotatable bonds is 6. The molecule has 0 saturated carbocycles. The van der Waals surface area contributed by atoms with Crippen LogP contribution >= 0.6 is 0 Å². The topological polar surface area (TPSA) is 98.0 Å². The lowest BCUT2D eigenvalue weighted by molar-refractivity contribution is -0.139. The molecule has 0 aliphatic heterocycles. The second-order valence-electron chi connectivity index (χ2n) is 6.84. The van der Waals surface area contributed by atoms with Crippen molar-refractivity contribution in [3.8, 4) is 0 Å². The summed E-state index contributed by atoms with van der Waals surface area (Å²) in [5.41, 5.74) is 3.96. The molecule has 0 saturated heterocycles. The van der Waals surface area contributed by atoms with Crippen molar-refractivity contribution in [1.29, 1.82) is 0 Å². The number of hydrogen-bond donors (Lipinski definition) is 4. The molecule has 0 aromatic heterocycles. The Morgan fingerprint density at radius 3 is 2.75 bits per heavy atom. The SMILES string of the molecule is Cc1ccc2c(c1/C=C/C(O)CC(O)CC(=O)O)C(O)C[C@H](C)C2. The number of aliphatic hydroxyl groups is 3. The molecule has 132 valence electrons. The highest BCUT2D eigenvalue weighted by Crippen LogP contribution is 2.37. The molecule has 0 heterocycles. The number of carbonyl (C=O) groups is 1. The molecule has 0 fully saturated rings. The number of fused-ring (bicyclic) bond motifs is 1. The molecule has 0 amide bonds. The van der Waals surface area contributed by atoms with Crippen molar-refractivity contribution in [3.63, 3.8) is 0 Å². The van der Waals surface area contributed by atoms with E-state index >= 15 is 0 Å². The van der Waals surface area contributed by atoms with Crippen molar-refractivity contribution in [3.05, 3.63) is 40.5 Å². The molecular formula is C19H26O5. The third-order valence-corrected chi connectivity index (χ3v) is 4.53. The molecule has 0 spiro atoms. The van der Waals surface area contributed by atoms with Crippen LogP contribution in [0.1, 0.15) is 54.5 Å². The lowest BCUT2D eigenvalue weighted by atomic mass is 9.79. The number of aliphatic hydroxyl groups excluding tert-OH is 3. The van der Waals surface area contributed by atoms with Gasteiger partial charge in [0.1, 0.15) is 0 Å². The van der Waals surface area contributed by atoms with Crippen LogP contribution in [-0.4, -0.2) is 38.6 Å². The van der Waals surface area contributed by atoms with E-state index in [-0.39, 0.29) is 12.8 Å². The first-order valence-corrected chi connectivity index (χ1v) is 8.34. The van der Waals surface area contributed by atoms with Crippen LogP contribution in [-0.2, 0) is 11.2 Å². The second kappa shape index (κ2) is 7.92. The fourth-order valence-electron chi connectivity index (χ4n) is 3.39. The van der Waals surface area contributed by atoms with Gasteiger partial charge in [-0.15, -0.1) is 0 Å². The summed E-state index contributed by atoms with van der Waals surface area (Å²) in [6.45, 7) is 4.07. The Labute approximate surface area is 142 Å². The third kappa shape index (κ3) is 4.66. The average molecular weight is 334 g/mol. The van der Waals surface area contributed by atoms with Crippen molar-refractivity contribution < 1.29 is 25.2 Å². The van der Waals surface area contributed by atoms with Crippen LogP contribution in [0.25, 0.3) is 6.08 Å². The molecule has 5 heteroatoms. The van der Waals surface area contributed by atoms with Crippen molar-refractivity contribution in [2.24, 2.45) is 5.92 Å². The molecule has 1 aliphatic carbocycles. The van der Waals surface area contributed by atoms with Crippen LogP contribution in [0.4, 0.5) is 0 Å². The van der Waals surface area contributed by atoms with Crippen molar-refractivity contribution in [1.82, 2.24) is 0 Å². The summed E-state index contributed by atoms with van der Waals surface area (Å²) in [6.07, 6.45) is 2.01. The van der Waals surface area contributed by atoms with Crippen LogP contribution in [0.15, 0.2) is 18.2 Å². The number of benzene rings is 1. The summed E-state index contributed by atoms with van der Waals surface area (Å²) in [5.74, 6) is -0.660. The molecule has 1 aliphatic rings. The summed E-state index contributed by atoms with van der Waals surface area (Å²) in [4.78, 5) is 10.6. The van der Waals surface area contributed by atoms with Gasteiger partial charge < -0.3 is 20.4 Å². The maximum atomic E-state index is 10.6. The van der Waals surface area contributed by atoms with Crippen molar-refractivity contribution in [2.75, 3.05) is 0 Å². The Hall–Kier alpha value is -1.69. The molecule has 1 aromatic rings. The van der Waals surface area contributed by atoms with Crippen molar-refractivity contribution >= 4 is 12.0 Å². The van der Waals surface area contributed by atoms with Crippen LogP contribution in [0.3, 0.4) is 0 Å². The molecule has 0 radical (unpaired) electrons. The highest BCUT2D eigenvalue weighted by molar-refractivity contribution is 5.67. The van der Waals surface area contributed by atoms with Gasteiger partial charge in [-0.25, -0.2) is 0 Å². The van der Waals surface area contributed by atoms with Gasteiger partial charge in [-0.2, -0.15) is 0 Å². The standard InChI is InChI=1S/C19H26O5/c1-11-7-13-4-3-12(2)16(19(13)17(22)8-11)6-5-14(20)9-15(21)10-18(23)24/h3-6,11,14-15,17,20-22H,7-10H2,1-2H3,(H,23,24)/b6-5+/t11-,14?,15?,17?/m1/s1. The van der Waals surface area contributed by atoms with E-state index in [1.165, 1.54) is 0 Å². The Morgan fingerprint density at radius 1 is 1.38 bits per heavy atom. The largest absolute Gasteiger partial charge is 0.481 e. The van der Waals surface area contributed by atoms with E-state index in [0.717, 1.165) is 35.1 Å². The van der Waals surface area contributed by atoms with Gasteiger partial charge in [-0.05, 0) is 47.9 Å². The number of carboxylic acid groups (broad SMARTS) is 1. The quantitative estimate of drug-likeness (QED) is 0.639. The average Bonchev–Trinajstić information content (AvgIpc) is 2.45. The molecule has 0 bridgehead atoms.